The number of nitrogens with zero attached hydrogens (tertiary/aromatic N) is 4. The number of likely N-dealkylation sites (tertiary alicyclic amines) is 1. The number of halogens is 1. The number of nitriles is 1. The van der Waals surface area contributed by atoms with E-state index in [-0.39, 0.29) is 5.91 Å². The normalized spacial score (nSPS) is 17.4. The first-order valence-electron chi connectivity index (χ1n) is 12.3. The predicted molar refractivity (Wildman–Crippen MR) is 138 cm³/mol. The third kappa shape index (κ3) is 6.43. The molecule has 2 saturated heterocycles. The maximum absolute atomic E-state index is 12.7. The first kappa shape index (κ1) is 24.4. The van der Waals surface area contributed by atoms with Gasteiger partial charge in [0, 0.05) is 68.1 Å². The van der Waals surface area contributed by atoms with Crippen molar-refractivity contribution >= 4 is 28.9 Å². The Morgan fingerprint density at radius 1 is 1.06 bits per heavy atom. The summed E-state index contributed by atoms with van der Waals surface area (Å²) in [5.74, 6) is 0.285. The zero-order valence-corrected chi connectivity index (χ0v) is 20.7. The number of amides is 1. The van der Waals surface area contributed by atoms with Crippen LogP contribution in [0.4, 0.5) is 11.4 Å². The Morgan fingerprint density at radius 2 is 1.76 bits per heavy atom. The van der Waals surface area contributed by atoms with Gasteiger partial charge in [0.2, 0.25) is 5.91 Å². The Bertz CT molecular complexity index is 1000. The maximum Gasteiger partial charge on any atom is 0.222 e. The number of carbonyl (C=O) groups is 1. The molecular formula is C27H34ClN5O. The van der Waals surface area contributed by atoms with Crippen LogP contribution in [0.3, 0.4) is 0 Å². The van der Waals surface area contributed by atoms with Gasteiger partial charge >= 0.3 is 0 Å². The van der Waals surface area contributed by atoms with Crippen LogP contribution < -0.4 is 10.2 Å². The molecule has 0 aromatic heterocycles. The molecule has 0 atom stereocenters. The van der Waals surface area contributed by atoms with Crippen LogP contribution in [0.25, 0.3) is 0 Å². The molecule has 4 rings (SSSR count). The zero-order chi connectivity index (χ0) is 23.9. The number of piperazine rings is 1. The van der Waals surface area contributed by atoms with Gasteiger partial charge in [0.25, 0.3) is 0 Å². The van der Waals surface area contributed by atoms with Crippen LogP contribution in [0, 0.1) is 18.3 Å². The molecule has 2 aliphatic heterocycles. The molecule has 180 valence electrons. The molecule has 0 saturated carbocycles. The van der Waals surface area contributed by atoms with Gasteiger partial charge in [0.15, 0.2) is 0 Å². The number of hydrogen-bond acceptors (Lipinski definition) is 5. The molecule has 0 bridgehead atoms. The average Bonchev–Trinajstić information content (AvgIpc) is 2.85. The lowest BCUT2D eigenvalue weighted by atomic mass is 10.0. The summed E-state index contributed by atoms with van der Waals surface area (Å²) in [6.07, 6.45) is 3.46. The fraction of sp³-hybridized carbons (Fsp3) is 0.481. The molecule has 0 aliphatic carbocycles. The monoisotopic (exact) mass is 479 g/mol. The van der Waals surface area contributed by atoms with E-state index < -0.39 is 0 Å². The minimum absolute atomic E-state index is 0.285. The summed E-state index contributed by atoms with van der Waals surface area (Å²) in [7, 11) is 0. The van der Waals surface area contributed by atoms with Gasteiger partial charge in [-0.15, -0.1) is 0 Å². The van der Waals surface area contributed by atoms with E-state index in [0.29, 0.717) is 12.5 Å². The molecule has 1 N–H and O–H groups in total. The Labute approximate surface area is 208 Å². The molecule has 0 radical (unpaired) electrons. The first-order valence-corrected chi connectivity index (χ1v) is 12.7. The third-order valence-corrected chi connectivity index (χ3v) is 7.25. The van der Waals surface area contributed by atoms with Gasteiger partial charge in [-0.1, -0.05) is 11.6 Å². The Kier molecular flexibility index (Phi) is 8.31. The summed E-state index contributed by atoms with van der Waals surface area (Å²) < 4.78 is 0. The van der Waals surface area contributed by atoms with Gasteiger partial charge in [-0.2, -0.15) is 5.26 Å². The molecule has 2 aliphatic rings. The summed E-state index contributed by atoms with van der Waals surface area (Å²) in [6.45, 7) is 8.65. The largest absolute Gasteiger partial charge is 0.382 e. The van der Waals surface area contributed by atoms with Crippen molar-refractivity contribution in [2.24, 2.45) is 0 Å². The second-order valence-corrected chi connectivity index (χ2v) is 9.79. The highest BCUT2D eigenvalue weighted by Crippen LogP contribution is 2.21. The van der Waals surface area contributed by atoms with Crippen molar-refractivity contribution in [1.29, 1.82) is 5.26 Å². The predicted octanol–water partition coefficient (Wildman–Crippen LogP) is 4.53. The van der Waals surface area contributed by atoms with Gasteiger partial charge in [-0.25, -0.2) is 0 Å². The van der Waals surface area contributed by atoms with Crippen LogP contribution in [0.15, 0.2) is 42.5 Å². The van der Waals surface area contributed by atoms with E-state index in [1.807, 2.05) is 42.2 Å². The fourth-order valence-electron chi connectivity index (χ4n) is 4.88. The SMILES string of the molecule is Cc1cc(NC2CCN(C(=O)CCCN3CCN(c4ccc(Cl)cc4)CC3)CC2)ccc1C#N. The smallest absolute Gasteiger partial charge is 0.222 e. The van der Waals surface area contributed by atoms with Crippen molar-refractivity contribution in [3.63, 3.8) is 0 Å². The molecule has 2 aromatic rings. The molecule has 34 heavy (non-hydrogen) atoms. The van der Waals surface area contributed by atoms with Gasteiger partial charge < -0.3 is 15.1 Å². The van der Waals surface area contributed by atoms with Crippen molar-refractivity contribution in [2.45, 2.75) is 38.6 Å². The van der Waals surface area contributed by atoms with Crippen molar-refractivity contribution < 1.29 is 4.79 Å². The highest BCUT2D eigenvalue weighted by atomic mass is 35.5. The Morgan fingerprint density at radius 3 is 2.41 bits per heavy atom. The van der Waals surface area contributed by atoms with E-state index in [2.05, 4.69) is 33.3 Å². The minimum atomic E-state index is 0.285. The summed E-state index contributed by atoms with van der Waals surface area (Å²) >= 11 is 6.00. The second kappa shape index (κ2) is 11.6. The summed E-state index contributed by atoms with van der Waals surface area (Å²) in [4.78, 5) is 19.6. The average molecular weight is 480 g/mol. The lowest BCUT2D eigenvalue weighted by Gasteiger charge is -2.36. The van der Waals surface area contributed by atoms with E-state index in [1.165, 1.54) is 5.69 Å². The van der Waals surface area contributed by atoms with E-state index in [4.69, 9.17) is 16.9 Å². The third-order valence-electron chi connectivity index (χ3n) is 6.99. The number of aryl methyl sites for hydroxylation is 1. The maximum atomic E-state index is 12.7. The first-order chi connectivity index (χ1) is 16.5. The molecule has 6 nitrogen and oxygen atoms in total. The molecular weight excluding hydrogens is 446 g/mol. The van der Waals surface area contributed by atoms with Crippen LogP contribution in [0.1, 0.15) is 36.8 Å². The quantitative estimate of drug-likeness (QED) is 0.632. The molecule has 2 fully saturated rings. The Balaban J connectivity index is 1.12. The highest BCUT2D eigenvalue weighted by Gasteiger charge is 2.23. The summed E-state index contributed by atoms with van der Waals surface area (Å²) in [6, 6.07) is 16.5. The van der Waals surface area contributed by atoms with E-state index in [1.54, 1.807) is 0 Å². The molecule has 1 amide bonds. The van der Waals surface area contributed by atoms with E-state index in [9.17, 15) is 4.79 Å². The lowest BCUT2D eigenvalue weighted by Crippen LogP contribution is -2.47. The number of nitrogens with one attached hydrogen (secondary N) is 1. The number of benzene rings is 2. The van der Waals surface area contributed by atoms with Crippen LogP contribution in [0.5, 0.6) is 0 Å². The van der Waals surface area contributed by atoms with Crippen LogP contribution in [-0.4, -0.2) is 67.6 Å². The van der Waals surface area contributed by atoms with Crippen LogP contribution >= 0.6 is 11.6 Å². The minimum Gasteiger partial charge on any atom is -0.382 e. The number of piperidine rings is 1. The molecule has 0 unspecified atom stereocenters. The molecule has 2 aromatic carbocycles. The van der Waals surface area contributed by atoms with Crippen molar-refractivity contribution in [3.8, 4) is 6.07 Å². The van der Waals surface area contributed by atoms with Crippen molar-refractivity contribution in [2.75, 3.05) is 56.0 Å². The molecule has 2 heterocycles. The number of carbonyl (C=O) groups excluding carboxylic acids is 1. The van der Waals surface area contributed by atoms with Crippen molar-refractivity contribution in [1.82, 2.24) is 9.80 Å². The number of anilines is 2. The Hall–Kier alpha value is -2.75. The van der Waals surface area contributed by atoms with Gasteiger partial charge in [-0.3, -0.25) is 9.69 Å². The molecule has 7 heteroatoms. The van der Waals surface area contributed by atoms with Gasteiger partial charge in [0.1, 0.15) is 0 Å². The van der Waals surface area contributed by atoms with Crippen LogP contribution in [0.2, 0.25) is 5.02 Å². The summed E-state index contributed by atoms with van der Waals surface area (Å²) in [5.41, 5.74) is 3.99. The zero-order valence-electron chi connectivity index (χ0n) is 20.0. The summed E-state index contributed by atoms with van der Waals surface area (Å²) in [5, 5.41) is 13.4. The molecule has 0 spiro atoms. The standard InChI is InChI=1S/C27H34ClN5O/c1-21-19-25(7-4-22(21)20-29)30-24-10-13-33(14-11-24)27(34)3-2-12-31-15-17-32(18-16-31)26-8-5-23(28)6-9-26/h4-9,19,24,30H,2-3,10-18H2,1H3. The van der Waals surface area contributed by atoms with E-state index in [0.717, 1.165) is 86.9 Å². The van der Waals surface area contributed by atoms with Gasteiger partial charge in [-0.05, 0) is 80.8 Å². The topological polar surface area (TPSA) is 62.6 Å². The second-order valence-electron chi connectivity index (χ2n) is 9.35. The fourth-order valence-corrected chi connectivity index (χ4v) is 5.01. The van der Waals surface area contributed by atoms with Crippen LogP contribution in [-0.2, 0) is 4.79 Å². The number of rotatable bonds is 7. The lowest BCUT2D eigenvalue weighted by molar-refractivity contribution is -0.132. The highest BCUT2D eigenvalue weighted by molar-refractivity contribution is 6.30. The van der Waals surface area contributed by atoms with Crippen molar-refractivity contribution in [3.05, 3.63) is 58.6 Å². The number of hydrogen-bond donors (Lipinski definition) is 1. The van der Waals surface area contributed by atoms with Gasteiger partial charge in [0.05, 0.1) is 11.6 Å². The van der Waals surface area contributed by atoms with E-state index >= 15 is 0 Å².